The molecule has 0 radical (unpaired) electrons. The zero-order valence-corrected chi connectivity index (χ0v) is 12.1. The van der Waals surface area contributed by atoms with Crippen LogP contribution in [0.2, 0.25) is 0 Å². The van der Waals surface area contributed by atoms with E-state index in [0.29, 0.717) is 32.0 Å². The fourth-order valence-corrected chi connectivity index (χ4v) is 1.74. The molecule has 0 spiro atoms. The Morgan fingerprint density at radius 3 is 2.30 bits per heavy atom. The number of rotatable bonds is 8. The molecule has 1 heterocycles. The predicted molar refractivity (Wildman–Crippen MR) is 74.1 cm³/mol. The van der Waals surface area contributed by atoms with E-state index < -0.39 is 5.97 Å². The maximum atomic E-state index is 11.9. The quantitative estimate of drug-likeness (QED) is 0.672. The molecule has 0 aromatic carbocycles. The predicted octanol–water partition coefficient (Wildman–Crippen LogP) is 1.25. The Labute approximate surface area is 118 Å². The smallest absolute Gasteiger partial charge is 0.339 e. The van der Waals surface area contributed by atoms with Crippen LogP contribution in [0.4, 0.5) is 0 Å². The van der Waals surface area contributed by atoms with Gasteiger partial charge in [-0.15, -0.1) is 0 Å². The molecule has 0 N–H and O–H groups in total. The van der Waals surface area contributed by atoms with Crippen molar-refractivity contribution in [1.29, 1.82) is 0 Å². The molecule has 1 rings (SSSR count). The lowest BCUT2D eigenvalue weighted by Crippen LogP contribution is -2.31. The largest absolute Gasteiger partial charge is 0.465 e. The molecule has 0 atom stereocenters. The van der Waals surface area contributed by atoms with Crippen LogP contribution in [-0.4, -0.2) is 44.1 Å². The Kier molecular flexibility index (Phi) is 6.97. The molecule has 0 aliphatic carbocycles. The number of esters is 1. The van der Waals surface area contributed by atoms with Gasteiger partial charge in [0, 0.05) is 25.5 Å². The van der Waals surface area contributed by atoms with Crippen LogP contribution in [0.25, 0.3) is 0 Å². The minimum absolute atomic E-state index is 0.206. The molecular weight excluding hydrogens is 262 g/mol. The number of hydrogen-bond donors (Lipinski definition) is 0. The Bertz CT molecular complexity index is 475. The van der Waals surface area contributed by atoms with Gasteiger partial charge in [-0.2, -0.15) is 0 Å². The zero-order chi connectivity index (χ0) is 15.0. The summed E-state index contributed by atoms with van der Waals surface area (Å²) < 4.78 is 16.9. The van der Waals surface area contributed by atoms with E-state index in [4.69, 9.17) is 9.47 Å². The van der Waals surface area contributed by atoms with Crippen molar-refractivity contribution in [2.45, 2.75) is 19.9 Å². The molecule has 0 aliphatic rings. The number of carbonyl (C=O) groups excluding carboxylic acids is 1. The molecule has 0 amide bonds. The number of carbonyl (C=O) groups is 1. The fourth-order valence-electron chi connectivity index (χ4n) is 1.74. The van der Waals surface area contributed by atoms with Crippen LogP contribution in [0.1, 0.15) is 30.2 Å². The summed E-state index contributed by atoms with van der Waals surface area (Å²) in [6.45, 7) is 5.56. The fraction of sp³-hybridized carbons (Fsp3) is 0.571. The molecule has 0 fully saturated rings. The number of aromatic nitrogens is 1. The van der Waals surface area contributed by atoms with Crippen molar-refractivity contribution < 1.29 is 19.0 Å². The highest BCUT2D eigenvalue weighted by Crippen LogP contribution is 2.08. The third kappa shape index (κ3) is 4.47. The van der Waals surface area contributed by atoms with Crippen molar-refractivity contribution in [3.8, 4) is 0 Å². The summed E-state index contributed by atoms with van der Waals surface area (Å²) in [5.74, 6) is -0.481. The van der Waals surface area contributed by atoms with E-state index in [2.05, 4.69) is 4.74 Å². The summed E-state index contributed by atoms with van der Waals surface area (Å²) in [6, 6.07) is 2.52. The van der Waals surface area contributed by atoms with Crippen molar-refractivity contribution in [2.75, 3.05) is 33.5 Å². The first-order valence-electron chi connectivity index (χ1n) is 6.60. The van der Waals surface area contributed by atoms with Gasteiger partial charge in [0.15, 0.2) is 0 Å². The van der Waals surface area contributed by atoms with Crippen LogP contribution in [0.3, 0.4) is 0 Å². The first kappa shape index (κ1) is 16.4. The van der Waals surface area contributed by atoms with E-state index in [0.717, 1.165) is 0 Å². The Balaban J connectivity index is 3.03. The van der Waals surface area contributed by atoms with Crippen LogP contribution in [-0.2, 0) is 14.2 Å². The normalized spacial score (nSPS) is 10.8. The van der Waals surface area contributed by atoms with E-state index >= 15 is 0 Å². The molecule has 0 saturated carbocycles. The lowest BCUT2D eigenvalue weighted by atomic mass is 10.2. The number of hydrogen-bond acceptors (Lipinski definition) is 5. The number of pyridine rings is 1. The molecule has 6 nitrogen and oxygen atoms in total. The third-order valence-electron chi connectivity index (χ3n) is 2.78. The van der Waals surface area contributed by atoms with Crippen LogP contribution >= 0.6 is 0 Å². The van der Waals surface area contributed by atoms with E-state index in [-0.39, 0.29) is 11.6 Å². The Morgan fingerprint density at radius 1 is 1.20 bits per heavy atom. The van der Waals surface area contributed by atoms with Gasteiger partial charge >= 0.3 is 5.97 Å². The summed E-state index contributed by atoms with van der Waals surface area (Å²) in [4.78, 5) is 23.5. The average Bonchev–Trinajstić information content (AvgIpc) is 2.47. The van der Waals surface area contributed by atoms with Crippen molar-refractivity contribution >= 4 is 5.97 Å². The van der Waals surface area contributed by atoms with Crippen LogP contribution in [0, 0.1) is 0 Å². The van der Waals surface area contributed by atoms with E-state index in [1.165, 1.54) is 30.0 Å². The molecule has 1 aromatic heterocycles. The summed E-state index contributed by atoms with van der Waals surface area (Å²) >= 11 is 0. The summed E-state index contributed by atoms with van der Waals surface area (Å²) in [5, 5.41) is 0. The van der Waals surface area contributed by atoms with Gasteiger partial charge in [0.25, 0.3) is 5.56 Å². The van der Waals surface area contributed by atoms with Gasteiger partial charge in [0.05, 0.1) is 31.9 Å². The van der Waals surface area contributed by atoms with E-state index in [1.54, 1.807) is 0 Å². The van der Waals surface area contributed by atoms with Gasteiger partial charge < -0.3 is 18.8 Å². The van der Waals surface area contributed by atoms with Gasteiger partial charge in [-0.25, -0.2) is 4.79 Å². The van der Waals surface area contributed by atoms with E-state index in [9.17, 15) is 9.59 Å². The van der Waals surface area contributed by atoms with Crippen molar-refractivity contribution in [2.24, 2.45) is 0 Å². The minimum Gasteiger partial charge on any atom is -0.465 e. The lowest BCUT2D eigenvalue weighted by Gasteiger charge is -2.20. The first-order chi connectivity index (χ1) is 9.63. The van der Waals surface area contributed by atoms with Crippen LogP contribution in [0.5, 0.6) is 0 Å². The molecule has 0 aliphatic heterocycles. The second-order valence-corrected chi connectivity index (χ2v) is 4.13. The van der Waals surface area contributed by atoms with Crippen LogP contribution < -0.4 is 5.56 Å². The third-order valence-corrected chi connectivity index (χ3v) is 2.78. The summed E-state index contributed by atoms with van der Waals surface area (Å²) in [5.41, 5.74) is 0.118. The van der Waals surface area contributed by atoms with Gasteiger partial charge in [0.1, 0.15) is 0 Å². The first-order valence-corrected chi connectivity index (χ1v) is 6.60. The molecule has 20 heavy (non-hydrogen) atoms. The second-order valence-electron chi connectivity index (χ2n) is 4.13. The molecule has 1 aromatic rings. The molecular formula is C14H21NO5. The van der Waals surface area contributed by atoms with Crippen molar-refractivity contribution in [3.63, 3.8) is 0 Å². The van der Waals surface area contributed by atoms with Gasteiger partial charge in [0.2, 0.25) is 0 Å². The number of methoxy groups -OCH3 is 1. The highest BCUT2D eigenvalue weighted by atomic mass is 16.5. The van der Waals surface area contributed by atoms with Crippen molar-refractivity contribution in [3.05, 3.63) is 34.2 Å². The Morgan fingerprint density at radius 2 is 1.80 bits per heavy atom. The monoisotopic (exact) mass is 283 g/mol. The minimum atomic E-state index is -0.481. The lowest BCUT2D eigenvalue weighted by molar-refractivity contribution is 0.0504. The van der Waals surface area contributed by atoms with E-state index in [1.807, 2.05) is 13.8 Å². The molecule has 6 heteroatoms. The molecule has 112 valence electrons. The zero-order valence-electron chi connectivity index (χ0n) is 12.1. The standard InChI is InChI=1S/C14H21NO5/c1-4-19-9-12(10-20-5-2)15-8-11(14(17)18-3)6-7-13(15)16/h6-8,12H,4-5,9-10H2,1-3H3. The summed E-state index contributed by atoms with van der Waals surface area (Å²) in [6.07, 6.45) is 1.48. The van der Waals surface area contributed by atoms with Crippen LogP contribution in [0.15, 0.2) is 23.1 Å². The molecule has 0 unspecified atom stereocenters. The van der Waals surface area contributed by atoms with Gasteiger partial charge in [-0.1, -0.05) is 0 Å². The Hall–Kier alpha value is -1.66. The topological polar surface area (TPSA) is 66.8 Å². The summed E-state index contributed by atoms with van der Waals surface area (Å²) in [7, 11) is 1.30. The van der Waals surface area contributed by atoms with Gasteiger partial charge in [-0.3, -0.25) is 4.79 Å². The second kappa shape index (κ2) is 8.50. The highest BCUT2D eigenvalue weighted by molar-refractivity contribution is 5.88. The van der Waals surface area contributed by atoms with Crippen molar-refractivity contribution in [1.82, 2.24) is 4.57 Å². The SMILES string of the molecule is CCOCC(COCC)n1cc(C(=O)OC)ccc1=O. The van der Waals surface area contributed by atoms with Gasteiger partial charge in [-0.05, 0) is 19.9 Å². The maximum absolute atomic E-state index is 11.9. The maximum Gasteiger partial charge on any atom is 0.339 e. The number of nitrogens with zero attached hydrogens (tertiary/aromatic N) is 1. The number of ether oxygens (including phenoxy) is 3. The molecule has 0 saturated heterocycles. The average molecular weight is 283 g/mol. The highest BCUT2D eigenvalue weighted by Gasteiger charge is 2.15. The molecule has 0 bridgehead atoms.